The van der Waals surface area contributed by atoms with Gasteiger partial charge in [-0.1, -0.05) is 18.2 Å². The highest BCUT2D eigenvalue weighted by Gasteiger charge is 2.25. The average molecular weight is 384 g/mol. The molecule has 2 heterocycles. The fraction of sp³-hybridized carbons (Fsp3) is 0.130. The number of carbonyl (C=O) groups excluding carboxylic acids is 2. The van der Waals surface area contributed by atoms with Gasteiger partial charge in [0, 0.05) is 28.6 Å². The van der Waals surface area contributed by atoms with Crippen molar-refractivity contribution in [1.29, 1.82) is 0 Å². The first-order valence-electron chi connectivity index (χ1n) is 9.31. The van der Waals surface area contributed by atoms with Gasteiger partial charge in [-0.2, -0.15) is 0 Å². The number of fused-ring (bicyclic) bond motifs is 2. The van der Waals surface area contributed by atoms with Crippen LogP contribution < -0.4 is 10.2 Å². The van der Waals surface area contributed by atoms with Crippen LogP contribution in [0.3, 0.4) is 0 Å². The lowest BCUT2D eigenvalue weighted by Gasteiger charge is -2.22. The number of rotatable bonds is 2. The van der Waals surface area contributed by atoms with E-state index in [2.05, 4.69) is 15.3 Å². The number of hydrogen-bond acceptors (Lipinski definition) is 4. The Kier molecular flexibility index (Phi) is 4.91. The van der Waals surface area contributed by atoms with Gasteiger partial charge >= 0.3 is 0 Å². The van der Waals surface area contributed by atoms with Crippen molar-refractivity contribution in [2.24, 2.45) is 4.99 Å². The summed E-state index contributed by atoms with van der Waals surface area (Å²) in [7, 11) is 0. The van der Waals surface area contributed by atoms with Gasteiger partial charge in [0.2, 0.25) is 0 Å². The Labute approximate surface area is 168 Å². The van der Waals surface area contributed by atoms with Gasteiger partial charge in [-0.25, -0.2) is 9.98 Å². The van der Waals surface area contributed by atoms with E-state index in [-0.39, 0.29) is 11.8 Å². The molecule has 1 aliphatic heterocycles. The van der Waals surface area contributed by atoms with E-state index in [4.69, 9.17) is 0 Å². The molecule has 0 aliphatic carbocycles. The van der Waals surface area contributed by atoms with Crippen LogP contribution >= 0.6 is 0 Å². The third-order valence-corrected chi connectivity index (χ3v) is 4.62. The Bertz CT molecular complexity index is 1120. The van der Waals surface area contributed by atoms with Gasteiger partial charge < -0.3 is 10.2 Å². The van der Waals surface area contributed by atoms with Crippen LogP contribution in [0, 0.1) is 0 Å². The Morgan fingerprint density at radius 3 is 2.45 bits per heavy atom. The first kappa shape index (κ1) is 18.6. The lowest BCUT2D eigenvalue weighted by atomic mass is 10.1. The molecule has 0 bridgehead atoms. The van der Waals surface area contributed by atoms with Crippen LogP contribution in [-0.2, 0) is 6.54 Å². The molecule has 1 aromatic heterocycles. The van der Waals surface area contributed by atoms with E-state index in [1.807, 2.05) is 36.4 Å². The lowest BCUT2D eigenvalue weighted by Crippen LogP contribution is -2.30. The molecule has 3 aromatic rings. The maximum absolute atomic E-state index is 13.3. The van der Waals surface area contributed by atoms with Crippen molar-refractivity contribution < 1.29 is 9.59 Å². The highest BCUT2D eigenvalue weighted by atomic mass is 16.2. The van der Waals surface area contributed by atoms with E-state index >= 15 is 0 Å². The number of aliphatic imine (C=N–C) groups is 1. The number of amides is 2. The molecule has 1 aliphatic rings. The largest absolute Gasteiger partial charge is 0.338 e. The number of pyridine rings is 1. The van der Waals surface area contributed by atoms with Crippen molar-refractivity contribution in [2.75, 3.05) is 10.2 Å². The fourth-order valence-electron chi connectivity index (χ4n) is 3.24. The maximum atomic E-state index is 13.3. The van der Waals surface area contributed by atoms with Gasteiger partial charge in [0.25, 0.3) is 11.8 Å². The van der Waals surface area contributed by atoms with Gasteiger partial charge in [-0.05, 0) is 56.3 Å². The van der Waals surface area contributed by atoms with Crippen LogP contribution in [0.1, 0.15) is 40.1 Å². The average Bonchev–Trinajstić information content (AvgIpc) is 2.89. The Balaban J connectivity index is 1.69. The molecule has 1 N–H and O–H groups in total. The molecule has 0 unspecified atom stereocenters. The molecule has 0 saturated heterocycles. The monoisotopic (exact) mass is 384 g/mol. The van der Waals surface area contributed by atoms with Crippen molar-refractivity contribution in [1.82, 2.24) is 4.98 Å². The normalized spacial score (nSPS) is 12.1. The lowest BCUT2D eigenvalue weighted by molar-refractivity contribution is 0.0979. The minimum absolute atomic E-state index is 0.148. The van der Waals surface area contributed by atoms with E-state index in [1.54, 1.807) is 49.2 Å². The summed E-state index contributed by atoms with van der Waals surface area (Å²) >= 11 is 0. The molecule has 144 valence electrons. The molecular formula is C23H20N4O2. The molecule has 0 radical (unpaired) electrons. The molecule has 0 fully saturated rings. The summed E-state index contributed by atoms with van der Waals surface area (Å²) in [6.45, 7) is 3.94. The Morgan fingerprint density at radius 1 is 0.966 bits per heavy atom. The Morgan fingerprint density at radius 2 is 1.69 bits per heavy atom. The fourth-order valence-corrected chi connectivity index (χ4v) is 3.24. The number of benzene rings is 2. The molecular weight excluding hydrogens is 364 g/mol. The van der Waals surface area contributed by atoms with Crippen molar-refractivity contribution in [2.45, 2.75) is 20.4 Å². The van der Waals surface area contributed by atoms with E-state index in [9.17, 15) is 9.59 Å². The van der Waals surface area contributed by atoms with E-state index < -0.39 is 0 Å². The number of aromatic nitrogens is 1. The number of anilines is 3. The minimum atomic E-state index is -0.312. The van der Waals surface area contributed by atoms with Gasteiger partial charge in [0.15, 0.2) is 0 Å². The van der Waals surface area contributed by atoms with Crippen molar-refractivity contribution in [3.8, 4) is 0 Å². The summed E-state index contributed by atoms with van der Waals surface area (Å²) in [6.07, 6.45) is 1.72. The summed E-state index contributed by atoms with van der Waals surface area (Å²) < 4.78 is 0. The molecule has 4 rings (SSSR count). The quantitative estimate of drug-likeness (QED) is 0.655. The van der Waals surface area contributed by atoms with E-state index in [0.29, 0.717) is 23.4 Å². The highest BCUT2D eigenvalue weighted by molar-refractivity contribution is 6.09. The first-order chi connectivity index (χ1) is 14.0. The molecule has 6 nitrogen and oxygen atoms in total. The van der Waals surface area contributed by atoms with Crippen molar-refractivity contribution in [3.05, 3.63) is 83.6 Å². The van der Waals surface area contributed by atoms with Crippen LogP contribution in [0.4, 0.5) is 17.2 Å². The zero-order valence-corrected chi connectivity index (χ0v) is 16.2. The predicted molar refractivity (Wildman–Crippen MR) is 114 cm³/mol. The number of nitrogens with one attached hydrogen (secondary N) is 1. The van der Waals surface area contributed by atoms with Crippen LogP contribution in [0.2, 0.25) is 0 Å². The molecule has 0 saturated carbocycles. The van der Waals surface area contributed by atoms with Crippen LogP contribution in [-0.4, -0.2) is 22.5 Å². The summed E-state index contributed by atoms with van der Waals surface area (Å²) in [4.78, 5) is 35.5. The molecule has 0 spiro atoms. The standard InChI is InChI=1S/C23H20N4O2/c1-15(2)25-22(28)16-9-11-17(12-10-16)23(29)27-14-18-6-5-13-24-21(18)26-19-7-3-4-8-20(19)27/h3-13H,14H2,1-2H3,(H,24,26). The molecule has 29 heavy (non-hydrogen) atoms. The number of hydrogen-bond donors (Lipinski definition) is 1. The van der Waals surface area contributed by atoms with Crippen molar-refractivity contribution >= 4 is 34.7 Å². The summed E-state index contributed by atoms with van der Waals surface area (Å²) in [5.74, 6) is 0.280. The third kappa shape index (κ3) is 3.78. The number of para-hydroxylation sites is 2. The van der Waals surface area contributed by atoms with Gasteiger partial charge in [-0.15, -0.1) is 0 Å². The Hall–Kier alpha value is -3.80. The van der Waals surface area contributed by atoms with Gasteiger partial charge in [-0.3, -0.25) is 9.59 Å². The molecule has 0 atom stereocenters. The molecule has 6 heteroatoms. The number of nitrogens with zero attached hydrogens (tertiary/aromatic N) is 3. The summed E-state index contributed by atoms with van der Waals surface area (Å²) in [6, 6.07) is 18.1. The van der Waals surface area contributed by atoms with Gasteiger partial charge in [0.1, 0.15) is 5.82 Å². The predicted octanol–water partition coefficient (Wildman–Crippen LogP) is 4.61. The smallest absolute Gasteiger partial charge is 0.276 e. The van der Waals surface area contributed by atoms with Crippen LogP contribution in [0.25, 0.3) is 0 Å². The third-order valence-electron chi connectivity index (χ3n) is 4.62. The highest BCUT2D eigenvalue weighted by Crippen LogP contribution is 2.35. The van der Waals surface area contributed by atoms with E-state index in [1.165, 1.54) is 0 Å². The zero-order valence-electron chi connectivity index (χ0n) is 16.2. The molecule has 2 amide bonds. The topological polar surface area (TPSA) is 74.7 Å². The number of carbonyl (C=O) groups is 2. The second-order valence-corrected chi connectivity index (χ2v) is 6.99. The first-order valence-corrected chi connectivity index (χ1v) is 9.31. The summed E-state index contributed by atoms with van der Waals surface area (Å²) in [5, 5.41) is 3.32. The van der Waals surface area contributed by atoms with Crippen LogP contribution in [0.5, 0.6) is 0 Å². The van der Waals surface area contributed by atoms with Crippen molar-refractivity contribution in [3.63, 3.8) is 0 Å². The van der Waals surface area contributed by atoms with Crippen LogP contribution in [0.15, 0.2) is 71.9 Å². The van der Waals surface area contributed by atoms with E-state index in [0.717, 1.165) is 22.8 Å². The minimum Gasteiger partial charge on any atom is -0.338 e. The second-order valence-electron chi connectivity index (χ2n) is 6.99. The van der Waals surface area contributed by atoms with Gasteiger partial charge in [0.05, 0.1) is 17.9 Å². The maximum Gasteiger partial charge on any atom is 0.276 e. The summed E-state index contributed by atoms with van der Waals surface area (Å²) in [5.41, 5.74) is 4.17. The SMILES string of the molecule is CC(C)=NC(=O)c1ccc(C(=O)N2Cc3cccnc3Nc3ccccc32)cc1. The second kappa shape index (κ2) is 7.67. The zero-order chi connectivity index (χ0) is 20.4. The molecule has 2 aromatic carbocycles.